The van der Waals surface area contributed by atoms with Gasteiger partial charge in [0.25, 0.3) is 5.56 Å². The molecule has 1 saturated carbocycles. The Morgan fingerprint density at radius 2 is 1.95 bits per heavy atom. The van der Waals surface area contributed by atoms with Crippen LogP contribution in [-0.2, 0) is 16.1 Å². The zero-order valence-electron chi connectivity index (χ0n) is 11.4. The van der Waals surface area contributed by atoms with Crippen molar-refractivity contribution in [2.45, 2.75) is 44.2 Å². The molecule has 1 amide bonds. The second-order valence-electron chi connectivity index (χ2n) is 5.23. The Morgan fingerprint density at radius 1 is 1.29 bits per heavy atom. The maximum absolute atomic E-state index is 12.0. The lowest BCUT2D eigenvalue weighted by atomic mass is 9.81. The summed E-state index contributed by atoms with van der Waals surface area (Å²) in [5, 5.41) is 11.9. The van der Waals surface area contributed by atoms with Gasteiger partial charge in [0.15, 0.2) is 0 Å². The van der Waals surface area contributed by atoms with E-state index >= 15 is 0 Å². The number of carbonyl (C=O) groups excluding carboxylic acids is 1. The highest BCUT2D eigenvalue weighted by Gasteiger charge is 2.40. The number of carboxylic acid groups (broad SMARTS) is 1. The number of aromatic amines is 1. The van der Waals surface area contributed by atoms with Crippen LogP contribution in [0.4, 0.5) is 0 Å². The SMILES string of the molecule is O=C(Cn1ccc(=O)[nH]c1=O)NC1(C(=O)O)CCCCC1. The van der Waals surface area contributed by atoms with Crippen LogP contribution in [0.1, 0.15) is 32.1 Å². The number of nitrogens with zero attached hydrogens (tertiary/aromatic N) is 1. The molecule has 0 saturated heterocycles. The molecule has 8 nitrogen and oxygen atoms in total. The van der Waals surface area contributed by atoms with Crippen molar-refractivity contribution in [3.63, 3.8) is 0 Å². The van der Waals surface area contributed by atoms with E-state index in [0.717, 1.165) is 29.9 Å². The van der Waals surface area contributed by atoms with E-state index in [1.54, 1.807) is 0 Å². The van der Waals surface area contributed by atoms with Crippen LogP contribution in [0.2, 0.25) is 0 Å². The first-order chi connectivity index (χ1) is 9.93. The van der Waals surface area contributed by atoms with E-state index in [4.69, 9.17) is 0 Å². The molecular formula is C13H17N3O5. The van der Waals surface area contributed by atoms with Crippen LogP contribution in [0.15, 0.2) is 21.9 Å². The number of carbonyl (C=O) groups is 2. The fourth-order valence-electron chi connectivity index (χ4n) is 2.58. The minimum atomic E-state index is -1.25. The molecule has 0 atom stereocenters. The van der Waals surface area contributed by atoms with Crippen molar-refractivity contribution in [3.05, 3.63) is 33.1 Å². The van der Waals surface area contributed by atoms with E-state index in [2.05, 4.69) is 5.32 Å². The average Bonchev–Trinajstić information content (AvgIpc) is 2.43. The Kier molecular flexibility index (Phi) is 4.25. The normalized spacial score (nSPS) is 17.1. The molecule has 21 heavy (non-hydrogen) atoms. The van der Waals surface area contributed by atoms with Gasteiger partial charge in [-0.15, -0.1) is 0 Å². The van der Waals surface area contributed by atoms with Crippen LogP contribution in [0.3, 0.4) is 0 Å². The monoisotopic (exact) mass is 295 g/mol. The largest absolute Gasteiger partial charge is 0.480 e. The van der Waals surface area contributed by atoms with Crippen molar-refractivity contribution in [1.29, 1.82) is 0 Å². The number of hydrogen-bond donors (Lipinski definition) is 3. The summed E-state index contributed by atoms with van der Waals surface area (Å²) in [6.07, 6.45) is 4.40. The van der Waals surface area contributed by atoms with Crippen molar-refractivity contribution in [1.82, 2.24) is 14.9 Å². The number of amides is 1. The maximum Gasteiger partial charge on any atom is 0.329 e. The lowest BCUT2D eigenvalue weighted by Gasteiger charge is -2.34. The van der Waals surface area contributed by atoms with Crippen LogP contribution in [-0.4, -0.2) is 32.1 Å². The van der Waals surface area contributed by atoms with Crippen LogP contribution in [0.5, 0.6) is 0 Å². The maximum atomic E-state index is 12.0. The van der Waals surface area contributed by atoms with Gasteiger partial charge in [0.05, 0.1) is 0 Å². The molecule has 0 spiro atoms. The summed E-state index contributed by atoms with van der Waals surface area (Å²) in [6, 6.07) is 1.13. The molecule has 3 N–H and O–H groups in total. The number of aliphatic carboxylic acids is 1. The van der Waals surface area contributed by atoms with Crippen molar-refractivity contribution >= 4 is 11.9 Å². The van der Waals surface area contributed by atoms with Gasteiger partial charge in [-0.1, -0.05) is 19.3 Å². The summed E-state index contributed by atoms with van der Waals surface area (Å²) in [4.78, 5) is 47.9. The van der Waals surface area contributed by atoms with E-state index < -0.39 is 28.7 Å². The molecule has 1 aliphatic rings. The Hall–Kier alpha value is -2.38. The Bertz CT molecular complexity index is 654. The van der Waals surface area contributed by atoms with Gasteiger partial charge in [-0.05, 0) is 12.8 Å². The summed E-state index contributed by atoms with van der Waals surface area (Å²) in [5.74, 6) is -1.61. The zero-order valence-corrected chi connectivity index (χ0v) is 11.4. The summed E-state index contributed by atoms with van der Waals surface area (Å²) in [7, 11) is 0. The third-order valence-corrected chi connectivity index (χ3v) is 3.71. The van der Waals surface area contributed by atoms with Crippen LogP contribution < -0.4 is 16.6 Å². The lowest BCUT2D eigenvalue weighted by Crippen LogP contribution is -2.56. The van der Waals surface area contributed by atoms with Crippen molar-refractivity contribution in [2.24, 2.45) is 0 Å². The Balaban J connectivity index is 2.11. The molecule has 0 unspecified atom stereocenters. The summed E-state index contributed by atoms with van der Waals surface area (Å²) < 4.78 is 1.02. The van der Waals surface area contributed by atoms with E-state index in [-0.39, 0.29) is 6.54 Å². The predicted octanol–water partition coefficient (Wildman–Crippen LogP) is -0.560. The zero-order chi connectivity index (χ0) is 15.5. The number of nitrogens with one attached hydrogen (secondary N) is 2. The van der Waals surface area contributed by atoms with Gasteiger partial charge < -0.3 is 10.4 Å². The van der Waals surface area contributed by atoms with Crippen LogP contribution >= 0.6 is 0 Å². The highest BCUT2D eigenvalue weighted by atomic mass is 16.4. The summed E-state index contributed by atoms with van der Waals surface area (Å²) in [6.45, 7) is -0.329. The Labute approximate surface area is 119 Å². The van der Waals surface area contributed by atoms with Crippen molar-refractivity contribution in [2.75, 3.05) is 0 Å². The van der Waals surface area contributed by atoms with Crippen molar-refractivity contribution < 1.29 is 14.7 Å². The molecule has 1 aliphatic carbocycles. The number of H-pyrrole nitrogens is 1. The quantitative estimate of drug-likeness (QED) is 0.687. The molecule has 114 valence electrons. The summed E-state index contributed by atoms with van der Waals surface area (Å²) >= 11 is 0. The van der Waals surface area contributed by atoms with Gasteiger partial charge in [-0.2, -0.15) is 0 Å². The number of rotatable bonds is 4. The minimum absolute atomic E-state index is 0.329. The lowest BCUT2D eigenvalue weighted by molar-refractivity contribution is -0.149. The van der Waals surface area contributed by atoms with Gasteiger partial charge in [0.2, 0.25) is 5.91 Å². The highest BCUT2D eigenvalue weighted by molar-refractivity contribution is 5.87. The van der Waals surface area contributed by atoms with E-state index in [1.807, 2.05) is 4.98 Å². The second kappa shape index (κ2) is 5.94. The van der Waals surface area contributed by atoms with E-state index in [1.165, 1.54) is 6.20 Å². The molecule has 1 aromatic rings. The number of aromatic nitrogens is 2. The van der Waals surface area contributed by atoms with Gasteiger partial charge in [0, 0.05) is 12.3 Å². The van der Waals surface area contributed by atoms with Crippen LogP contribution in [0, 0.1) is 0 Å². The fourth-order valence-corrected chi connectivity index (χ4v) is 2.58. The molecule has 0 bridgehead atoms. The molecule has 1 fully saturated rings. The topological polar surface area (TPSA) is 121 Å². The molecule has 0 aliphatic heterocycles. The number of carboxylic acids is 1. The molecule has 0 aromatic carbocycles. The molecule has 1 aromatic heterocycles. The van der Waals surface area contributed by atoms with Gasteiger partial charge in [0.1, 0.15) is 12.1 Å². The third-order valence-electron chi connectivity index (χ3n) is 3.71. The first kappa shape index (κ1) is 15.0. The minimum Gasteiger partial charge on any atom is -0.480 e. The Morgan fingerprint density at radius 3 is 2.52 bits per heavy atom. The molecular weight excluding hydrogens is 278 g/mol. The highest BCUT2D eigenvalue weighted by Crippen LogP contribution is 2.28. The van der Waals surface area contributed by atoms with Crippen LogP contribution in [0.25, 0.3) is 0 Å². The van der Waals surface area contributed by atoms with Gasteiger partial charge >= 0.3 is 11.7 Å². The van der Waals surface area contributed by atoms with Crippen molar-refractivity contribution in [3.8, 4) is 0 Å². The molecule has 1 heterocycles. The average molecular weight is 295 g/mol. The first-order valence-corrected chi connectivity index (χ1v) is 6.77. The third kappa shape index (κ3) is 3.39. The first-order valence-electron chi connectivity index (χ1n) is 6.77. The van der Waals surface area contributed by atoms with Gasteiger partial charge in [-0.25, -0.2) is 9.59 Å². The fraction of sp³-hybridized carbons (Fsp3) is 0.538. The van der Waals surface area contributed by atoms with Gasteiger partial charge in [-0.3, -0.25) is 19.1 Å². The molecule has 2 rings (SSSR count). The smallest absolute Gasteiger partial charge is 0.329 e. The summed E-state index contributed by atoms with van der Waals surface area (Å²) in [5.41, 5.74) is -2.50. The van der Waals surface area contributed by atoms with E-state index in [9.17, 15) is 24.3 Å². The predicted molar refractivity (Wildman–Crippen MR) is 72.9 cm³/mol. The van der Waals surface area contributed by atoms with E-state index in [0.29, 0.717) is 12.8 Å². The molecule has 0 radical (unpaired) electrons. The molecule has 8 heteroatoms. The number of hydrogen-bond acceptors (Lipinski definition) is 4. The standard InChI is InChI=1S/C13H17N3O5/c17-9-4-7-16(12(21)14-9)8-10(18)15-13(11(19)20)5-2-1-3-6-13/h4,7H,1-3,5-6,8H2,(H,15,18)(H,19,20)(H,14,17,21). The second-order valence-corrected chi connectivity index (χ2v) is 5.23.